The van der Waals surface area contributed by atoms with E-state index in [-0.39, 0.29) is 30.6 Å². The largest absolute Gasteiger partial charge is 0.382 e. The summed E-state index contributed by atoms with van der Waals surface area (Å²) in [6.07, 6.45) is 6.14. The molecule has 0 aliphatic carbocycles. The van der Waals surface area contributed by atoms with Crippen molar-refractivity contribution in [1.29, 1.82) is 0 Å². The monoisotopic (exact) mass is 351 g/mol. The molecule has 68 valence electrons. The van der Waals surface area contributed by atoms with Crippen LogP contribution in [0.15, 0.2) is 11.8 Å². The molecule has 3 heteroatoms. The van der Waals surface area contributed by atoms with Crippen LogP contribution in [-0.2, 0) is 25.8 Å². The van der Waals surface area contributed by atoms with Gasteiger partial charge in [-0.1, -0.05) is 6.08 Å². The minimum Gasteiger partial charge on any atom is -0.382 e. The molecule has 1 heterocycles. The smallest absolute Gasteiger partial charge is 0.0791 e. The third-order valence-corrected chi connectivity index (χ3v) is 3.82. The second-order valence-electron chi connectivity index (χ2n) is 2.79. The zero-order valence-corrected chi connectivity index (χ0v) is 10.7. The number of ether oxygens (including phenoxy) is 1. The average molecular weight is 351 g/mol. The van der Waals surface area contributed by atoms with E-state index in [2.05, 4.69) is 18.7 Å². The van der Waals surface area contributed by atoms with Crippen LogP contribution in [0, 0.1) is 0 Å². The van der Waals surface area contributed by atoms with E-state index in [4.69, 9.17) is 4.74 Å². The van der Waals surface area contributed by atoms with E-state index in [1.807, 2.05) is 0 Å². The van der Waals surface area contributed by atoms with E-state index < -0.39 is 0 Å². The van der Waals surface area contributed by atoms with E-state index in [0.717, 1.165) is 6.61 Å². The molecule has 1 rings (SSSR count). The van der Waals surface area contributed by atoms with Crippen LogP contribution >= 0.6 is 0 Å². The van der Waals surface area contributed by atoms with E-state index in [0.29, 0.717) is 5.73 Å². The Bertz CT molecular complexity index is 111. The predicted molar refractivity (Wildman–Crippen MR) is 46.9 cm³/mol. The van der Waals surface area contributed by atoms with Crippen molar-refractivity contribution in [2.45, 2.75) is 31.9 Å². The fraction of sp³-hybridized carbons (Fsp3) is 0.750. The van der Waals surface area contributed by atoms with E-state index in [1.165, 1.54) is 19.3 Å². The van der Waals surface area contributed by atoms with E-state index >= 15 is 0 Å². The Labute approximate surface area is 85.7 Å². The Morgan fingerprint density at radius 2 is 2.27 bits per heavy atom. The van der Waals surface area contributed by atoms with Gasteiger partial charge < -0.3 is 4.74 Å². The SMILES string of the molecule is CC=C[SiH2]C1CCCCO1.[Pt]. The van der Waals surface area contributed by atoms with Crippen LogP contribution in [0.5, 0.6) is 0 Å². The average Bonchev–Trinajstić information content (AvgIpc) is 2.03. The Morgan fingerprint density at radius 1 is 1.45 bits per heavy atom. The van der Waals surface area contributed by atoms with Crippen LogP contribution < -0.4 is 0 Å². The molecule has 1 nitrogen and oxygen atoms in total. The molecule has 1 atom stereocenters. The number of hydrogen-bond acceptors (Lipinski definition) is 1. The Balaban J connectivity index is 0.000001000. The molecule has 1 unspecified atom stereocenters. The normalized spacial score (nSPS) is 26.1. The Morgan fingerprint density at radius 3 is 2.82 bits per heavy atom. The van der Waals surface area contributed by atoms with Crippen molar-refractivity contribution in [2.24, 2.45) is 0 Å². The van der Waals surface area contributed by atoms with Gasteiger partial charge in [0, 0.05) is 33.4 Å². The minimum absolute atomic E-state index is 0. The van der Waals surface area contributed by atoms with Gasteiger partial charge in [0.15, 0.2) is 0 Å². The number of hydrogen-bond donors (Lipinski definition) is 0. The first-order valence-corrected chi connectivity index (χ1v) is 5.79. The van der Waals surface area contributed by atoms with Crippen LogP contribution in [0.4, 0.5) is 0 Å². The molecular formula is C8H16OPtSi. The van der Waals surface area contributed by atoms with Gasteiger partial charge in [0.1, 0.15) is 0 Å². The van der Waals surface area contributed by atoms with Gasteiger partial charge in [-0.3, -0.25) is 0 Å². The molecule has 1 aliphatic rings. The molecular weight excluding hydrogens is 335 g/mol. The van der Waals surface area contributed by atoms with Gasteiger partial charge in [-0.05, 0) is 26.2 Å². The van der Waals surface area contributed by atoms with Crippen LogP contribution in [0.25, 0.3) is 0 Å². The first-order valence-electron chi connectivity index (χ1n) is 4.16. The zero-order chi connectivity index (χ0) is 7.23. The first-order chi connectivity index (χ1) is 4.93. The molecule has 0 saturated carbocycles. The second kappa shape index (κ2) is 7.26. The fourth-order valence-corrected chi connectivity index (χ4v) is 2.68. The van der Waals surface area contributed by atoms with Crippen LogP contribution in [0.3, 0.4) is 0 Å². The van der Waals surface area contributed by atoms with Gasteiger partial charge in [-0.2, -0.15) is 0 Å². The van der Waals surface area contributed by atoms with Gasteiger partial charge in [-0.25, -0.2) is 0 Å². The second-order valence-corrected chi connectivity index (χ2v) is 4.65. The van der Waals surface area contributed by atoms with Gasteiger partial charge in [-0.15, -0.1) is 5.70 Å². The van der Waals surface area contributed by atoms with Crippen molar-refractivity contribution in [2.75, 3.05) is 6.61 Å². The predicted octanol–water partition coefficient (Wildman–Crippen LogP) is 1.21. The summed E-state index contributed by atoms with van der Waals surface area (Å²) in [6.45, 7) is 3.10. The van der Waals surface area contributed by atoms with Crippen molar-refractivity contribution < 1.29 is 25.8 Å². The molecule has 1 saturated heterocycles. The van der Waals surface area contributed by atoms with Gasteiger partial charge in [0.2, 0.25) is 0 Å². The fourth-order valence-electron chi connectivity index (χ4n) is 1.28. The molecule has 0 spiro atoms. The van der Waals surface area contributed by atoms with Gasteiger partial charge in [0.05, 0.1) is 9.52 Å². The van der Waals surface area contributed by atoms with Crippen molar-refractivity contribution in [3.05, 3.63) is 11.8 Å². The van der Waals surface area contributed by atoms with Crippen LogP contribution in [0.2, 0.25) is 0 Å². The summed E-state index contributed by atoms with van der Waals surface area (Å²) in [4.78, 5) is 0. The number of rotatable bonds is 2. The van der Waals surface area contributed by atoms with Crippen molar-refractivity contribution in [3.8, 4) is 0 Å². The molecule has 0 aromatic heterocycles. The molecule has 0 radical (unpaired) electrons. The summed E-state index contributed by atoms with van der Waals surface area (Å²) in [5.74, 6) is 0. The third kappa shape index (κ3) is 4.94. The summed E-state index contributed by atoms with van der Waals surface area (Å²) in [5.41, 5.74) is 2.99. The summed E-state index contributed by atoms with van der Waals surface area (Å²) in [5, 5.41) is 0. The Hall–Kier alpha value is 0.605. The van der Waals surface area contributed by atoms with Crippen LogP contribution in [0.1, 0.15) is 26.2 Å². The van der Waals surface area contributed by atoms with E-state index in [9.17, 15) is 0 Å². The molecule has 0 amide bonds. The maximum absolute atomic E-state index is 5.59. The summed E-state index contributed by atoms with van der Waals surface area (Å²) >= 11 is 0. The quantitative estimate of drug-likeness (QED) is 0.680. The molecule has 0 bridgehead atoms. The summed E-state index contributed by atoms with van der Waals surface area (Å²) in [7, 11) is -0.0373. The topological polar surface area (TPSA) is 9.23 Å². The molecule has 1 fully saturated rings. The van der Waals surface area contributed by atoms with E-state index in [1.54, 1.807) is 0 Å². The molecule has 1 aliphatic heterocycles. The van der Waals surface area contributed by atoms with Crippen molar-refractivity contribution >= 4 is 9.52 Å². The van der Waals surface area contributed by atoms with Gasteiger partial charge in [0.25, 0.3) is 0 Å². The zero-order valence-electron chi connectivity index (χ0n) is 6.99. The standard InChI is InChI=1S/C8H16OSi.Pt/c1-2-7-10-8-5-3-4-6-9-8;/h2,7-8H,3-6,10H2,1H3;. The minimum atomic E-state index is -0.0373. The van der Waals surface area contributed by atoms with Crippen LogP contribution in [-0.4, -0.2) is 21.9 Å². The van der Waals surface area contributed by atoms with Crippen molar-refractivity contribution in [1.82, 2.24) is 0 Å². The maximum atomic E-state index is 5.59. The summed E-state index contributed by atoms with van der Waals surface area (Å²) < 4.78 is 5.59. The molecule has 0 aromatic rings. The molecule has 0 N–H and O–H groups in total. The first kappa shape index (κ1) is 11.6. The molecule has 0 aromatic carbocycles. The summed E-state index contributed by atoms with van der Waals surface area (Å²) in [6, 6.07) is 0. The molecule has 11 heavy (non-hydrogen) atoms. The maximum Gasteiger partial charge on any atom is 0.0791 e. The Kier molecular flexibility index (Phi) is 7.66. The number of allylic oxidation sites excluding steroid dienone is 1. The van der Waals surface area contributed by atoms with Crippen molar-refractivity contribution in [3.63, 3.8) is 0 Å². The van der Waals surface area contributed by atoms with Gasteiger partial charge >= 0.3 is 0 Å². The third-order valence-electron chi connectivity index (χ3n) is 1.91.